The molecule has 0 saturated carbocycles. The van der Waals surface area contributed by atoms with Gasteiger partial charge in [-0.15, -0.1) is 0 Å². The number of methoxy groups -OCH3 is 1. The fraction of sp³-hybridized carbons (Fsp3) is 0.571. The number of aliphatic hydroxyl groups is 1. The quantitative estimate of drug-likeness (QED) is 0.881. The smallest absolute Gasteiger partial charge is 0.119 e. The number of aryl methyl sites for hydroxylation is 1. The number of aliphatic hydroxyl groups excluding tert-OH is 1. The molecule has 1 aromatic rings. The number of nitrogens with zero attached hydrogens (tertiary/aromatic N) is 1. The summed E-state index contributed by atoms with van der Waals surface area (Å²) in [6.45, 7) is 4.33. The molecule has 18 heavy (non-hydrogen) atoms. The minimum atomic E-state index is -0.585. The standard InChI is InChI=1S/C14H21NO3/c1-10-8-11(17-3)4-5-12(10)14(16)13-9-15(2)6-7-18-13/h4-5,8,13-14,16H,6-7,9H2,1-3H3. The fourth-order valence-corrected chi connectivity index (χ4v) is 2.31. The Kier molecular flexibility index (Phi) is 4.22. The number of benzene rings is 1. The van der Waals surface area contributed by atoms with Crippen molar-refractivity contribution in [3.63, 3.8) is 0 Å². The van der Waals surface area contributed by atoms with Gasteiger partial charge in [-0.1, -0.05) is 6.07 Å². The molecule has 4 heteroatoms. The monoisotopic (exact) mass is 251 g/mol. The van der Waals surface area contributed by atoms with Gasteiger partial charge in [0, 0.05) is 13.1 Å². The highest BCUT2D eigenvalue weighted by Gasteiger charge is 2.27. The van der Waals surface area contributed by atoms with Crippen LogP contribution in [0.4, 0.5) is 0 Å². The maximum absolute atomic E-state index is 10.4. The van der Waals surface area contributed by atoms with Gasteiger partial charge in [0.15, 0.2) is 0 Å². The number of rotatable bonds is 3. The fourth-order valence-electron chi connectivity index (χ4n) is 2.31. The molecule has 1 aliphatic rings. The molecular weight excluding hydrogens is 230 g/mol. The highest BCUT2D eigenvalue weighted by Crippen LogP contribution is 2.27. The lowest BCUT2D eigenvalue weighted by Crippen LogP contribution is -2.43. The van der Waals surface area contributed by atoms with Crippen LogP contribution in [-0.2, 0) is 4.74 Å². The van der Waals surface area contributed by atoms with E-state index < -0.39 is 6.10 Å². The maximum Gasteiger partial charge on any atom is 0.119 e. The molecule has 4 nitrogen and oxygen atoms in total. The van der Waals surface area contributed by atoms with Gasteiger partial charge >= 0.3 is 0 Å². The summed E-state index contributed by atoms with van der Waals surface area (Å²) in [7, 11) is 3.69. The van der Waals surface area contributed by atoms with Gasteiger partial charge in [0.1, 0.15) is 18.0 Å². The third-order valence-corrected chi connectivity index (χ3v) is 3.44. The summed E-state index contributed by atoms with van der Waals surface area (Å²) < 4.78 is 10.8. The van der Waals surface area contributed by atoms with E-state index in [9.17, 15) is 5.11 Å². The Labute approximate surface area is 108 Å². The normalized spacial score (nSPS) is 22.8. The molecule has 0 aromatic heterocycles. The number of hydrogen-bond donors (Lipinski definition) is 1. The molecule has 1 saturated heterocycles. The van der Waals surface area contributed by atoms with Crippen molar-refractivity contribution < 1.29 is 14.6 Å². The van der Waals surface area contributed by atoms with Crippen LogP contribution in [0.5, 0.6) is 5.75 Å². The predicted molar refractivity (Wildman–Crippen MR) is 69.9 cm³/mol. The molecule has 1 aromatic carbocycles. The molecule has 0 spiro atoms. The Morgan fingerprint density at radius 2 is 2.28 bits per heavy atom. The number of ether oxygens (including phenoxy) is 2. The van der Waals surface area contributed by atoms with Crippen molar-refractivity contribution >= 4 is 0 Å². The molecule has 1 N–H and O–H groups in total. The van der Waals surface area contributed by atoms with Crippen molar-refractivity contribution in [1.29, 1.82) is 0 Å². The summed E-state index contributed by atoms with van der Waals surface area (Å²) >= 11 is 0. The van der Waals surface area contributed by atoms with Gasteiger partial charge in [-0.2, -0.15) is 0 Å². The van der Waals surface area contributed by atoms with Crippen molar-refractivity contribution in [2.45, 2.75) is 19.1 Å². The van der Waals surface area contributed by atoms with E-state index in [-0.39, 0.29) is 6.10 Å². The first-order valence-electron chi connectivity index (χ1n) is 6.24. The first kappa shape index (κ1) is 13.3. The van der Waals surface area contributed by atoms with Crippen LogP contribution in [-0.4, -0.2) is 50.0 Å². The van der Waals surface area contributed by atoms with Crippen LogP contribution in [0.3, 0.4) is 0 Å². The summed E-state index contributed by atoms with van der Waals surface area (Å²) in [5.74, 6) is 0.810. The van der Waals surface area contributed by atoms with E-state index in [4.69, 9.17) is 9.47 Å². The Hall–Kier alpha value is -1.10. The van der Waals surface area contributed by atoms with Gasteiger partial charge < -0.3 is 19.5 Å². The van der Waals surface area contributed by atoms with Gasteiger partial charge in [0.05, 0.1) is 13.7 Å². The van der Waals surface area contributed by atoms with Crippen LogP contribution in [0.15, 0.2) is 18.2 Å². The maximum atomic E-state index is 10.4. The second-order valence-corrected chi connectivity index (χ2v) is 4.84. The molecule has 0 radical (unpaired) electrons. The molecule has 1 aliphatic heterocycles. The number of morpholine rings is 1. The molecule has 2 atom stereocenters. The van der Waals surface area contributed by atoms with Crippen molar-refractivity contribution in [1.82, 2.24) is 4.90 Å². The first-order chi connectivity index (χ1) is 8.61. The number of hydrogen-bond acceptors (Lipinski definition) is 4. The molecule has 0 bridgehead atoms. The highest BCUT2D eigenvalue weighted by atomic mass is 16.5. The molecule has 0 aliphatic carbocycles. The summed E-state index contributed by atoms with van der Waals surface area (Å²) in [6.07, 6.45) is -0.741. The third-order valence-electron chi connectivity index (χ3n) is 3.44. The molecule has 0 amide bonds. The van der Waals surface area contributed by atoms with Crippen LogP contribution in [0.2, 0.25) is 0 Å². The van der Waals surface area contributed by atoms with Gasteiger partial charge in [-0.3, -0.25) is 0 Å². The molecule has 2 rings (SSSR count). The Morgan fingerprint density at radius 1 is 1.50 bits per heavy atom. The zero-order valence-electron chi connectivity index (χ0n) is 11.2. The Bertz CT molecular complexity index is 408. The minimum Gasteiger partial charge on any atom is -0.497 e. The molecule has 1 fully saturated rings. The van der Waals surface area contributed by atoms with E-state index in [0.29, 0.717) is 6.61 Å². The summed E-state index contributed by atoms with van der Waals surface area (Å²) in [5, 5.41) is 10.4. The average Bonchev–Trinajstić information content (AvgIpc) is 2.37. The van der Waals surface area contributed by atoms with E-state index in [0.717, 1.165) is 30.0 Å². The van der Waals surface area contributed by atoms with Gasteiger partial charge in [-0.05, 0) is 37.2 Å². The highest BCUT2D eigenvalue weighted by molar-refractivity contribution is 5.36. The lowest BCUT2D eigenvalue weighted by atomic mass is 9.98. The van der Waals surface area contributed by atoms with Crippen molar-refractivity contribution in [2.24, 2.45) is 0 Å². The lowest BCUT2D eigenvalue weighted by Gasteiger charge is -2.33. The zero-order chi connectivity index (χ0) is 13.1. The Balaban J connectivity index is 2.15. The van der Waals surface area contributed by atoms with Crippen LogP contribution in [0.25, 0.3) is 0 Å². The molecular formula is C14H21NO3. The van der Waals surface area contributed by atoms with E-state index >= 15 is 0 Å². The van der Waals surface area contributed by atoms with Crippen LogP contribution >= 0.6 is 0 Å². The second-order valence-electron chi connectivity index (χ2n) is 4.84. The number of likely N-dealkylation sites (N-methyl/N-ethyl adjacent to an activating group) is 1. The van der Waals surface area contributed by atoms with Crippen LogP contribution < -0.4 is 4.74 Å². The summed E-state index contributed by atoms with van der Waals surface area (Å²) in [5.41, 5.74) is 1.94. The van der Waals surface area contributed by atoms with Crippen LogP contribution in [0, 0.1) is 6.92 Å². The van der Waals surface area contributed by atoms with Gasteiger partial charge in [-0.25, -0.2) is 0 Å². The SMILES string of the molecule is COc1ccc(C(O)C2CN(C)CCO2)c(C)c1. The topological polar surface area (TPSA) is 41.9 Å². The largest absolute Gasteiger partial charge is 0.497 e. The van der Waals surface area contributed by atoms with Gasteiger partial charge in [0.2, 0.25) is 0 Å². The van der Waals surface area contributed by atoms with Gasteiger partial charge in [0.25, 0.3) is 0 Å². The summed E-state index contributed by atoms with van der Waals surface area (Å²) in [6, 6.07) is 5.72. The van der Waals surface area contributed by atoms with E-state index in [1.54, 1.807) is 7.11 Å². The van der Waals surface area contributed by atoms with E-state index in [1.807, 2.05) is 32.2 Å². The average molecular weight is 251 g/mol. The molecule has 100 valence electrons. The van der Waals surface area contributed by atoms with Crippen LogP contribution in [0.1, 0.15) is 17.2 Å². The zero-order valence-corrected chi connectivity index (χ0v) is 11.2. The second kappa shape index (κ2) is 5.69. The van der Waals surface area contributed by atoms with E-state index in [1.165, 1.54) is 0 Å². The van der Waals surface area contributed by atoms with Crippen molar-refractivity contribution in [3.05, 3.63) is 29.3 Å². The Morgan fingerprint density at radius 3 is 2.89 bits per heavy atom. The first-order valence-corrected chi connectivity index (χ1v) is 6.24. The van der Waals surface area contributed by atoms with E-state index in [2.05, 4.69) is 4.90 Å². The lowest BCUT2D eigenvalue weighted by molar-refractivity contribution is -0.0846. The van der Waals surface area contributed by atoms with Crippen molar-refractivity contribution in [2.75, 3.05) is 33.9 Å². The third kappa shape index (κ3) is 2.83. The molecule has 2 unspecified atom stereocenters. The van der Waals surface area contributed by atoms with Crippen molar-refractivity contribution in [3.8, 4) is 5.75 Å². The minimum absolute atomic E-state index is 0.157. The molecule has 1 heterocycles. The predicted octanol–water partition coefficient (Wildman–Crippen LogP) is 1.37. The summed E-state index contributed by atoms with van der Waals surface area (Å²) in [4.78, 5) is 2.18.